The molecule has 1 aromatic rings. The van der Waals surface area contributed by atoms with Crippen LogP contribution in [0.4, 0.5) is 18.0 Å². The summed E-state index contributed by atoms with van der Waals surface area (Å²) in [7, 11) is 0. The summed E-state index contributed by atoms with van der Waals surface area (Å²) in [6, 6.07) is 1.03. The van der Waals surface area contributed by atoms with Crippen LogP contribution >= 0.6 is 0 Å². The zero-order valence-corrected chi connectivity index (χ0v) is 7.39. The average Bonchev–Trinajstić information content (AvgIpc) is 2.60. The molecule has 0 aliphatic carbocycles. The van der Waals surface area contributed by atoms with Crippen LogP contribution in [0.3, 0.4) is 0 Å². The molecule has 1 unspecified atom stereocenters. The summed E-state index contributed by atoms with van der Waals surface area (Å²) in [5.74, 6) is -4.10. The van der Waals surface area contributed by atoms with Gasteiger partial charge in [0.15, 0.2) is 17.5 Å². The molecule has 2 rings (SSSR count). The Balaban J connectivity index is 2.33. The smallest absolute Gasteiger partial charge is 0.407 e. The second-order valence-electron chi connectivity index (χ2n) is 3.09. The molecule has 1 aromatic carbocycles. The van der Waals surface area contributed by atoms with Crippen LogP contribution in [0.1, 0.15) is 11.6 Å². The number of halogens is 3. The number of hydrogen-bond acceptors (Lipinski definition) is 2. The number of cyclic esters (lactones) is 1. The summed E-state index contributed by atoms with van der Waals surface area (Å²) < 4.78 is 42.8. The number of rotatable bonds is 1. The van der Waals surface area contributed by atoms with E-state index < -0.39 is 29.6 Å². The van der Waals surface area contributed by atoms with Crippen molar-refractivity contribution in [1.29, 1.82) is 0 Å². The van der Waals surface area contributed by atoms with Crippen LogP contribution < -0.4 is 5.32 Å². The molecule has 1 atom stereocenters. The third-order valence-corrected chi connectivity index (χ3v) is 2.08. The van der Waals surface area contributed by atoms with E-state index in [0.717, 1.165) is 12.1 Å². The molecule has 1 heterocycles. The maximum atomic E-state index is 12.8. The molecule has 0 aromatic heterocycles. The number of amides is 1. The van der Waals surface area contributed by atoms with Crippen LogP contribution in [0.5, 0.6) is 0 Å². The Morgan fingerprint density at radius 3 is 2.33 bits per heavy atom. The van der Waals surface area contributed by atoms with Gasteiger partial charge in [-0.2, -0.15) is 0 Å². The number of alkyl carbamates (subject to hydrolysis) is 1. The third kappa shape index (κ3) is 1.74. The number of carbonyl (C=O) groups is 1. The largest absolute Gasteiger partial charge is 0.447 e. The van der Waals surface area contributed by atoms with Gasteiger partial charge in [0.2, 0.25) is 0 Å². The lowest BCUT2D eigenvalue weighted by Gasteiger charge is -2.08. The molecule has 0 spiro atoms. The molecule has 3 nitrogen and oxygen atoms in total. The predicted molar refractivity (Wildman–Crippen MR) is 43.5 cm³/mol. The van der Waals surface area contributed by atoms with E-state index >= 15 is 0 Å². The summed E-state index contributed by atoms with van der Waals surface area (Å²) in [6.07, 6.45) is -0.662. The predicted octanol–water partition coefficient (Wildman–Crippen LogP) is 1.88. The van der Waals surface area contributed by atoms with Gasteiger partial charge in [0.1, 0.15) is 6.61 Å². The van der Waals surface area contributed by atoms with Gasteiger partial charge in [0.05, 0.1) is 6.04 Å². The van der Waals surface area contributed by atoms with Gasteiger partial charge in [0, 0.05) is 0 Å². The quantitative estimate of drug-likeness (QED) is 0.729. The Kier molecular flexibility index (Phi) is 2.26. The number of carbonyl (C=O) groups excluding carboxylic acids is 1. The SMILES string of the molecule is O=C1NC(c2cc(F)c(F)c(F)c2)CO1. The van der Waals surface area contributed by atoms with Crippen LogP contribution in [0.2, 0.25) is 0 Å². The molecule has 1 saturated heterocycles. The van der Waals surface area contributed by atoms with Crippen LogP contribution in [-0.4, -0.2) is 12.7 Å². The molecule has 1 aliphatic heterocycles. The highest BCUT2D eigenvalue weighted by molar-refractivity contribution is 5.70. The summed E-state index contributed by atoms with van der Waals surface area (Å²) >= 11 is 0. The van der Waals surface area contributed by atoms with Crippen LogP contribution in [0, 0.1) is 17.5 Å². The number of nitrogens with one attached hydrogen (secondary N) is 1. The van der Waals surface area contributed by atoms with Crippen molar-refractivity contribution in [3.63, 3.8) is 0 Å². The minimum absolute atomic E-state index is 0.0245. The number of ether oxygens (including phenoxy) is 1. The lowest BCUT2D eigenvalue weighted by Crippen LogP contribution is -2.18. The highest BCUT2D eigenvalue weighted by Crippen LogP contribution is 2.22. The van der Waals surface area contributed by atoms with Crippen molar-refractivity contribution in [2.75, 3.05) is 6.61 Å². The Morgan fingerprint density at radius 2 is 1.87 bits per heavy atom. The van der Waals surface area contributed by atoms with Crippen molar-refractivity contribution in [3.8, 4) is 0 Å². The second-order valence-corrected chi connectivity index (χ2v) is 3.09. The van der Waals surface area contributed by atoms with Crippen molar-refractivity contribution in [2.45, 2.75) is 6.04 Å². The molecule has 1 aliphatic rings. The van der Waals surface area contributed by atoms with Crippen LogP contribution in [-0.2, 0) is 4.74 Å². The van der Waals surface area contributed by atoms with E-state index in [1.807, 2.05) is 0 Å². The first-order valence-corrected chi connectivity index (χ1v) is 4.15. The molecule has 1 fully saturated rings. The van der Waals surface area contributed by atoms with E-state index in [1.54, 1.807) is 0 Å². The fourth-order valence-corrected chi connectivity index (χ4v) is 1.34. The fraction of sp³-hybridized carbons (Fsp3) is 0.222. The van der Waals surface area contributed by atoms with Crippen molar-refractivity contribution in [2.24, 2.45) is 0 Å². The monoisotopic (exact) mass is 217 g/mol. The van der Waals surface area contributed by atoms with Crippen LogP contribution in [0.25, 0.3) is 0 Å². The van der Waals surface area contributed by atoms with Crippen LogP contribution in [0.15, 0.2) is 12.1 Å². The normalized spacial score (nSPS) is 19.9. The second kappa shape index (κ2) is 3.45. The van der Waals surface area contributed by atoms with E-state index in [4.69, 9.17) is 0 Å². The summed E-state index contributed by atoms with van der Waals surface area (Å²) in [5, 5.41) is 2.33. The highest BCUT2D eigenvalue weighted by Gasteiger charge is 2.25. The van der Waals surface area contributed by atoms with Gasteiger partial charge in [0.25, 0.3) is 0 Å². The van der Waals surface area contributed by atoms with Gasteiger partial charge in [-0.25, -0.2) is 18.0 Å². The lowest BCUT2D eigenvalue weighted by molar-refractivity contribution is 0.177. The first-order valence-electron chi connectivity index (χ1n) is 4.15. The number of hydrogen-bond donors (Lipinski definition) is 1. The highest BCUT2D eigenvalue weighted by atomic mass is 19.2. The first-order chi connectivity index (χ1) is 7.08. The lowest BCUT2D eigenvalue weighted by atomic mass is 10.1. The molecule has 6 heteroatoms. The van der Waals surface area contributed by atoms with Gasteiger partial charge in [-0.1, -0.05) is 0 Å². The minimum atomic E-state index is -1.52. The van der Waals surface area contributed by atoms with E-state index in [1.165, 1.54) is 0 Å². The van der Waals surface area contributed by atoms with Gasteiger partial charge >= 0.3 is 6.09 Å². The van der Waals surface area contributed by atoms with E-state index in [2.05, 4.69) is 10.1 Å². The molecular weight excluding hydrogens is 211 g/mol. The standard InChI is InChI=1S/C9H6F3NO2/c10-5-1-4(2-6(11)8(5)12)7-3-15-9(14)13-7/h1-2,7H,3H2,(H,13,14). The molecule has 15 heavy (non-hydrogen) atoms. The third-order valence-electron chi connectivity index (χ3n) is 2.08. The average molecular weight is 217 g/mol. The molecule has 0 bridgehead atoms. The maximum absolute atomic E-state index is 12.8. The van der Waals surface area contributed by atoms with Crippen molar-refractivity contribution >= 4 is 6.09 Å². The first kappa shape index (κ1) is 9.82. The molecule has 80 valence electrons. The zero-order chi connectivity index (χ0) is 11.0. The van der Waals surface area contributed by atoms with E-state index in [0.29, 0.717) is 0 Å². The summed E-state index contributed by atoms with van der Waals surface area (Å²) in [6.45, 7) is -0.0245. The van der Waals surface area contributed by atoms with Gasteiger partial charge < -0.3 is 10.1 Å². The van der Waals surface area contributed by atoms with Gasteiger partial charge in [-0.05, 0) is 17.7 Å². The molecule has 0 radical (unpaired) electrons. The van der Waals surface area contributed by atoms with Crippen molar-refractivity contribution in [3.05, 3.63) is 35.1 Å². The van der Waals surface area contributed by atoms with Crippen molar-refractivity contribution in [1.82, 2.24) is 5.32 Å². The Hall–Kier alpha value is -1.72. The Bertz CT molecular complexity index is 399. The van der Waals surface area contributed by atoms with E-state index in [-0.39, 0.29) is 12.2 Å². The topological polar surface area (TPSA) is 38.3 Å². The molecular formula is C9H6F3NO2. The molecule has 1 amide bonds. The Labute approximate surface area is 82.8 Å². The number of benzene rings is 1. The van der Waals surface area contributed by atoms with Gasteiger partial charge in [-0.15, -0.1) is 0 Å². The summed E-state index contributed by atoms with van der Waals surface area (Å²) in [4.78, 5) is 10.7. The Morgan fingerprint density at radius 1 is 1.27 bits per heavy atom. The zero-order valence-electron chi connectivity index (χ0n) is 7.39. The fourth-order valence-electron chi connectivity index (χ4n) is 1.34. The van der Waals surface area contributed by atoms with Gasteiger partial charge in [-0.3, -0.25) is 0 Å². The van der Waals surface area contributed by atoms with E-state index in [9.17, 15) is 18.0 Å². The maximum Gasteiger partial charge on any atom is 0.407 e. The summed E-state index contributed by atoms with van der Waals surface area (Å²) in [5.41, 5.74) is 0.136. The van der Waals surface area contributed by atoms with Crippen molar-refractivity contribution < 1.29 is 22.7 Å². The molecule has 0 saturated carbocycles. The molecule has 1 N–H and O–H groups in total. The minimum Gasteiger partial charge on any atom is -0.447 e.